The van der Waals surface area contributed by atoms with E-state index in [1.165, 1.54) is 18.3 Å². The molecule has 0 bridgehead atoms. The maximum absolute atomic E-state index is 12.1. The van der Waals surface area contributed by atoms with E-state index in [0.717, 1.165) is 25.9 Å². The summed E-state index contributed by atoms with van der Waals surface area (Å²) in [5.41, 5.74) is 0.207. The first-order valence-electron chi connectivity index (χ1n) is 6.08. The van der Waals surface area contributed by atoms with Gasteiger partial charge in [-0.15, -0.1) is 0 Å². The summed E-state index contributed by atoms with van der Waals surface area (Å²) in [4.78, 5) is 6.06. The van der Waals surface area contributed by atoms with E-state index in [1.807, 2.05) is 13.1 Å². The van der Waals surface area contributed by atoms with Gasteiger partial charge in [0.2, 0.25) is 10.0 Å². The van der Waals surface area contributed by atoms with E-state index < -0.39 is 10.0 Å². The zero-order chi connectivity index (χ0) is 13.9. The second-order valence-corrected chi connectivity index (χ2v) is 6.40. The number of sulfonamides is 1. The van der Waals surface area contributed by atoms with Crippen LogP contribution in [0, 0.1) is 11.3 Å². The van der Waals surface area contributed by atoms with E-state index in [9.17, 15) is 8.42 Å². The highest BCUT2D eigenvalue weighted by Crippen LogP contribution is 2.13. The average molecular weight is 280 g/mol. The molecule has 2 rings (SSSR count). The van der Waals surface area contributed by atoms with Gasteiger partial charge in [-0.05, 0) is 45.1 Å². The van der Waals surface area contributed by atoms with Gasteiger partial charge in [-0.25, -0.2) is 18.1 Å². The summed E-state index contributed by atoms with van der Waals surface area (Å²) in [6, 6.07) is 4.64. The molecule has 1 aromatic heterocycles. The Morgan fingerprint density at radius 2 is 2.11 bits per heavy atom. The number of aromatic nitrogens is 1. The molecule has 0 aromatic carbocycles. The van der Waals surface area contributed by atoms with Gasteiger partial charge in [-0.1, -0.05) is 0 Å². The van der Waals surface area contributed by atoms with Gasteiger partial charge in [-0.3, -0.25) is 0 Å². The largest absolute Gasteiger partial charge is 0.306 e. The number of nitrogens with zero attached hydrogens (tertiary/aromatic N) is 3. The average Bonchev–Trinajstić information content (AvgIpc) is 2.41. The normalized spacial score (nSPS) is 18.1. The first-order valence-corrected chi connectivity index (χ1v) is 7.56. The van der Waals surface area contributed by atoms with Crippen molar-refractivity contribution in [2.75, 3.05) is 20.1 Å². The first-order chi connectivity index (χ1) is 9.01. The Bertz CT molecular complexity index is 569. The predicted octanol–water partition coefficient (Wildman–Crippen LogP) is 0.326. The third-order valence-corrected chi connectivity index (χ3v) is 4.71. The van der Waals surface area contributed by atoms with Crippen molar-refractivity contribution in [2.24, 2.45) is 0 Å². The van der Waals surface area contributed by atoms with Crippen molar-refractivity contribution in [1.29, 1.82) is 5.26 Å². The summed E-state index contributed by atoms with van der Waals surface area (Å²) >= 11 is 0. The Morgan fingerprint density at radius 3 is 2.63 bits per heavy atom. The summed E-state index contributed by atoms with van der Waals surface area (Å²) < 4.78 is 27.0. The fraction of sp³-hybridized carbons (Fsp3) is 0.500. The Balaban J connectivity index is 2.07. The lowest BCUT2D eigenvalue weighted by molar-refractivity contribution is 0.248. The van der Waals surface area contributed by atoms with Crippen LogP contribution in [-0.2, 0) is 10.0 Å². The smallest absolute Gasteiger partial charge is 0.242 e. The molecular weight excluding hydrogens is 264 g/mol. The van der Waals surface area contributed by atoms with Crippen molar-refractivity contribution in [3.63, 3.8) is 0 Å². The summed E-state index contributed by atoms with van der Waals surface area (Å²) in [7, 11) is -1.52. The van der Waals surface area contributed by atoms with Crippen LogP contribution in [0.15, 0.2) is 23.2 Å². The van der Waals surface area contributed by atoms with Gasteiger partial charge >= 0.3 is 0 Å². The standard InChI is InChI=1S/C12H16N4O2S/c1-16-6-4-10(5-7-16)15-19(17,18)12-3-2-11(8-13)14-9-12/h2-3,9-10,15H,4-7H2,1H3. The van der Waals surface area contributed by atoms with Gasteiger partial charge in [0.15, 0.2) is 0 Å². The van der Waals surface area contributed by atoms with Crippen LogP contribution < -0.4 is 4.72 Å². The maximum Gasteiger partial charge on any atom is 0.242 e. The molecule has 6 nitrogen and oxygen atoms in total. The van der Waals surface area contributed by atoms with E-state index in [-0.39, 0.29) is 16.6 Å². The second-order valence-electron chi connectivity index (χ2n) is 4.69. The quantitative estimate of drug-likeness (QED) is 0.862. The Labute approximate surface area is 113 Å². The van der Waals surface area contributed by atoms with E-state index in [0.29, 0.717) is 0 Å². The first kappa shape index (κ1) is 13.9. The van der Waals surface area contributed by atoms with E-state index >= 15 is 0 Å². The van der Waals surface area contributed by atoms with E-state index in [4.69, 9.17) is 5.26 Å². The molecule has 0 saturated carbocycles. The molecule has 1 aromatic rings. The van der Waals surface area contributed by atoms with Crippen LogP contribution >= 0.6 is 0 Å². The van der Waals surface area contributed by atoms with Crippen LogP contribution in [-0.4, -0.2) is 44.5 Å². The molecular formula is C12H16N4O2S. The van der Waals surface area contributed by atoms with Crippen LogP contribution in [0.25, 0.3) is 0 Å². The molecule has 1 fully saturated rings. The minimum atomic E-state index is -3.54. The molecule has 1 saturated heterocycles. The fourth-order valence-corrected chi connectivity index (χ4v) is 3.27. The van der Waals surface area contributed by atoms with Crippen molar-refractivity contribution < 1.29 is 8.42 Å². The monoisotopic (exact) mass is 280 g/mol. The van der Waals surface area contributed by atoms with E-state index in [1.54, 1.807) is 0 Å². The van der Waals surface area contributed by atoms with Gasteiger partial charge in [0.25, 0.3) is 0 Å². The van der Waals surface area contributed by atoms with Crippen molar-refractivity contribution in [3.05, 3.63) is 24.0 Å². The summed E-state index contributed by atoms with van der Waals surface area (Å²) in [6.07, 6.45) is 2.83. The van der Waals surface area contributed by atoms with Gasteiger partial charge in [0, 0.05) is 12.2 Å². The number of likely N-dealkylation sites (tertiary alicyclic amines) is 1. The highest BCUT2D eigenvalue weighted by Gasteiger charge is 2.23. The topological polar surface area (TPSA) is 86.1 Å². The number of rotatable bonds is 3. The molecule has 7 heteroatoms. The zero-order valence-corrected chi connectivity index (χ0v) is 11.5. The summed E-state index contributed by atoms with van der Waals surface area (Å²) in [5.74, 6) is 0. The van der Waals surface area contributed by atoms with Crippen molar-refractivity contribution in [2.45, 2.75) is 23.8 Å². The van der Waals surface area contributed by atoms with Crippen LogP contribution in [0.4, 0.5) is 0 Å². The zero-order valence-electron chi connectivity index (χ0n) is 10.7. The molecule has 0 unspecified atom stereocenters. The molecule has 2 heterocycles. The van der Waals surface area contributed by atoms with Crippen LogP contribution in [0.1, 0.15) is 18.5 Å². The highest BCUT2D eigenvalue weighted by atomic mass is 32.2. The SMILES string of the molecule is CN1CCC(NS(=O)(=O)c2ccc(C#N)nc2)CC1. The molecule has 0 radical (unpaired) electrons. The van der Waals surface area contributed by atoms with Gasteiger partial charge in [-0.2, -0.15) is 5.26 Å². The lowest BCUT2D eigenvalue weighted by Gasteiger charge is -2.29. The van der Waals surface area contributed by atoms with Crippen LogP contribution in [0.3, 0.4) is 0 Å². The van der Waals surface area contributed by atoms with E-state index in [2.05, 4.69) is 14.6 Å². The van der Waals surface area contributed by atoms with Gasteiger partial charge in [0.1, 0.15) is 16.7 Å². The number of hydrogen-bond acceptors (Lipinski definition) is 5. The van der Waals surface area contributed by atoms with Crippen molar-refractivity contribution >= 4 is 10.0 Å². The fourth-order valence-electron chi connectivity index (χ4n) is 2.02. The molecule has 1 aliphatic rings. The van der Waals surface area contributed by atoms with Gasteiger partial charge in [0.05, 0.1) is 0 Å². The molecule has 0 atom stereocenters. The second kappa shape index (κ2) is 5.65. The Kier molecular flexibility index (Phi) is 4.14. The molecule has 19 heavy (non-hydrogen) atoms. The predicted molar refractivity (Wildman–Crippen MR) is 69.8 cm³/mol. The third kappa shape index (κ3) is 3.50. The number of hydrogen-bond donors (Lipinski definition) is 1. The molecule has 1 N–H and O–H groups in total. The minimum Gasteiger partial charge on any atom is -0.306 e. The number of nitriles is 1. The summed E-state index contributed by atoms with van der Waals surface area (Å²) in [5, 5.41) is 8.63. The van der Waals surface area contributed by atoms with Crippen molar-refractivity contribution in [3.8, 4) is 6.07 Å². The lowest BCUT2D eigenvalue weighted by atomic mass is 10.1. The molecule has 1 aliphatic heterocycles. The molecule has 0 spiro atoms. The number of piperidine rings is 1. The summed E-state index contributed by atoms with van der Waals surface area (Å²) in [6.45, 7) is 1.78. The Hall–Kier alpha value is -1.49. The minimum absolute atomic E-state index is 0.0307. The Morgan fingerprint density at radius 1 is 1.42 bits per heavy atom. The van der Waals surface area contributed by atoms with Gasteiger partial charge < -0.3 is 4.90 Å². The molecule has 102 valence electrons. The number of nitrogens with one attached hydrogen (secondary N) is 1. The van der Waals surface area contributed by atoms with Crippen LogP contribution in [0.5, 0.6) is 0 Å². The van der Waals surface area contributed by atoms with Crippen molar-refractivity contribution in [1.82, 2.24) is 14.6 Å². The number of pyridine rings is 1. The lowest BCUT2D eigenvalue weighted by Crippen LogP contribution is -2.43. The van der Waals surface area contributed by atoms with Crippen LogP contribution in [0.2, 0.25) is 0 Å². The molecule has 0 amide bonds. The molecule has 0 aliphatic carbocycles. The highest BCUT2D eigenvalue weighted by molar-refractivity contribution is 7.89. The third-order valence-electron chi connectivity index (χ3n) is 3.20. The maximum atomic E-state index is 12.1.